The molecule has 0 rings (SSSR count). The molecule has 0 aliphatic rings. The Kier molecular flexibility index (Phi) is 6.06. The highest BCUT2D eigenvalue weighted by Crippen LogP contribution is 2.01. The molecule has 4 N–H and O–H groups in total. The lowest BCUT2D eigenvalue weighted by atomic mass is 10.1. The number of hydrogen-bond donors (Lipinski definition) is 4. The first-order valence-electron chi connectivity index (χ1n) is 3.94. The largest absolute Gasteiger partial charge is 0.466 e. The number of ether oxygens (including phenoxy) is 1. The van der Waals surface area contributed by atoms with Crippen LogP contribution in [0.1, 0.15) is 0 Å². The van der Waals surface area contributed by atoms with Gasteiger partial charge in [-0.15, -0.1) is 0 Å². The third-order valence-corrected chi connectivity index (χ3v) is 1.56. The molecule has 3 atom stereocenters. The zero-order valence-corrected chi connectivity index (χ0v) is 7.70. The summed E-state index contributed by atoms with van der Waals surface area (Å²) in [5.74, 6) is -0.685. The molecular formula is C8H14O6. The first kappa shape index (κ1) is 13.1. The summed E-state index contributed by atoms with van der Waals surface area (Å²) < 4.78 is 4.24. The number of rotatable bonds is 5. The van der Waals surface area contributed by atoms with Crippen molar-refractivity contribution in [3.05, 3.63) is 12.2 Å². The van der Waals surface area contributed by atoms with Gasteiger partial charge in [-0.05, 0) is 6.08 Å². The van der Waals surface area contributed by atoms with Gasteiger partial charge in [-0.25, -0.2) is 4.79 Å². The predicted molar refractivity (Wildman–Crippen MR) is 46.3 cm³/mol. The summed E-state index contributed by atoms with van der Waals surface area (Å²) in [4.78, 5) is 10.6. The van der Waals surface area contributed by atoms with Gasteiger partial charge in [0.05, 0.1) is 13.7 Å². The fourth-order valence-electron chi connectivity index (χ4n) is 0.695. The number of esters is 1. The van der Waals surface area contributed by atoms with E-state index in [9.17, 15) is 4.79 Å². The van der Waals surface area contributed by atoms with E-state index < -0.39 is 30.9 Å². The zero-order chi connectivity index (χ0) is 11.1. The molecule has 0 spiro atoms. The van der Waals surface area contributed by atoms with E-state index in [-0.39, 0.29) is 0 Å². The monoisotopic (exact) mass is 206 g/mol. The fraction of sp³-hybridized carbons (Fsp3) is 0.625. The van der Waals surface area contributed by atoms with Crippen molar-refractivity contribution >= 4 is 5.97 Å². The normalized spacial score (nSPS) is 17.8. The lowest BCUT2D eigenvalue weighted by Gasteiger charge is -2.18. The Labute approximate surface area is 81.1 Å². The highest BCUT2D eigenvalue weighted by molar-refractivity contribution is 5.81. The van der Waals surface area contributed by atoms with E-state index in [0.717, 1.165) is 19.3 Å². The van der Waals surface area contributed by atoms with Gasteiger partial charge in [-0.1, -0.05) is 0 Å². The van der Waals surface area contributed by atoms with Crippen molar-refractivity contribution in [2.75, 3.05) is 13.7 Å². The molecule has 0 heterocycles. The topological polar surface area (TPSA) is 107 Å². The second kappa shape index (κ2) is 6.50. The Bertz CT molecular complexity index is 202. The van der Waals surface area contributed by atoms with Gasteiger partial charge in [-0.3, -0.25) is 0 Å². The van der Waals surface area contributed by atoms with Crippen LogP contribution in [0.3, 0.4) is 0 Å². The molecule has 6 heteroatoms. The van der Waals surface area contributed by atoms with Gasteiger partial charge in [0.1, 0.15) is 18.3 Å². The lowest BCUT2D eigenvalue weighted by molar-refractivity contribution is -0.135. The van der Waals surface area contributed by atoms with Crippen molar-refractivity contribution in [1.82, 2.24) is 0 Å². The van der Waals surface area contributed by atoms with E-state index in [1.165, 1.54) is 0 Å². The average Bonchev–Trinajstić information content (AvgIpc) is 2.22. The van der Waals surface area contributed by atoms with Gasteiger partial charge in [0.25, 0.3) is 0 Å². The molecule has 0 saturated carbocycles. The minimum Gasteiger partial charge on any atom is -0.466 e. The average molecular weight is 206 g/mol. The van der Waals surface area contributed by atoms with Crippen LogP contribution in [-0.4, -0.2) is 58.4 Å². The zero-order valence-electron chi connectivity index (χ0n) is 7.70. The van der Waals surface area contributed by atoms with Crippen molar-refractivity contribution in [1.29, 1.82) is 0 Å². The molecule has 0 aromatic rings. The van der Waals surface area contributed by atoms with Crippen molar-refractivity contribution in [2.45, 2.75) is 18.3 Å². The molecule has 0 fully saturated rings. The van der Waals surface area contributed by atoms with E-state index >= 15 is 0 Å². The maximum atomic E-state index is 10.6. The van der Waals surface area contributed by atoms with Crippen molar-refractivity contribution in [3.63, 3.8) is 0 Å². The predicted octanol–water partition coefficient (Wildman–Crippen LogP) is -2.21. The van der Waals surface area contributed by atoms with Crippen LogP contribution in [0.4, 0.5) is 0 Å². The molecule has 0 aliphatic heterocycles. The Morgan fingerprint density at radius 3 is 2.43 bits per heavy atom. The van der Waals surface area contributed by atoms with Gasteiger partial charge in [-0.2, -0.15) is 0 Å². The lowest BCUT2D eigenvalue weighted by Crippen LogP contribution is -2.38. The Morgan fingerprint density at radius 2 is 2.00 bits per heavy atom. The van der Waals surface area contributed by atoms with Gasteiger partial charge in [0, 0.05) is 6.08 Å². The molecule has 82 valence electrons. The van der Waals surface area contributed by atoms with E-state index in [2.05, 4.69) is 4.74 Å². The third kappa shape index (κ3) is 4.33. The highest BCUT2D eigenvalue weighted by Gasteiger charge is 2.21. The first-order chi connectivity index (χ1) is 6.52. The smallest absolute Gasteiger partial charge is 0.330 e. The Balaban J connectivity index is 4.12. The number of aliphatic hydroxyl groups is 4. The quantitative estimate of drug-likeness (QED) is 0.300. The Morgan fingerprint density at radius 1 is 1.43 bits per heavy atom. The first-order valence-corrected chi connectivity index (χ1v) is 3.94. The van der Waals surface area contributed by atoms with Crippen LogP contribution in [0, 0.1) is 0 Å². The van der Waals surface area contributed by atoms with Crippen LogP contribution in [0.25, 0.3) is 0 Å². The van der Waals surface area contributed by atoms with Gasteiger partial charge >= 0.3 is 5.97 Å². The van der Waals surface area contributed by atoms with Crippen LogP contribution < -0.4 is 0 Å². The Hall–Kier alpha value is -0.950. The summed E-state index contributed by atoms with van der Waals surface area (Å²) in [6.07, 6.45) is -2.54. The van der Waals surface area contributed by atoms with Gasteiger partial charge < -0.3 is 25.2 Å². The number of aliphatic hydroxyl groups excluding tert-OH is 4. The van der Waals surface area contributed by atoms with Gasteiger partial charge in [0.15, 0.2) is 0 Å². The molecule has 0 radical (unpaired) electrons. The van der Waals surface area contributed by atoms with E-state index in [1.807, 2.05) is 0 Å². The molecule has 0 saturated heterocycles. The van der Waals surface area contributed by atoms with Gasteiger partial charge in [0.2, 0.25) is 0 Å². The number of methoxy groups -OCH3 is 1. The minimum atomic E-state index is -1.54. The summed E-state index contributed by atoms with van der Waals surface area (Å²) in [6.45, 7) is -0.676. The molecule has 0 aromatic heterocycles. The highest BCUT2D eigenvalue weighted by atomic mass is 16.5. The van der Waals surface area contributed by atoms with E-state index in [4.69, 9.17) is 20.4 Å². The summed E-state index contributed by atoms with van der Waals surface area (Å²) >= 11 is 0. The summed E-state index contributed by atoms with van der Waals surface area (Å²) in [5.41, 5.74) is 0. The minimum absolute atomic E-state index is 0.676. The van der Waals surface area contributed by atoms with Crippen molar-refractivity contribution in [3.8, 4) is 0 Å². The molecule has 0 aliphatic carbocycles. The van der Waals surface area contributed by atoms with Crippen molar-refractivity contribution < 1.29 is 30.0 Å². The SMILES string of the molecule is COC(=O)/C=C/[C@@H](O)[C@@H](O)[C@H](O)CO. The van der Waals surface area contributed by atoms with Crippen LogP contribution in [0.15, 0.2) is 12.2 Å². The van der Waals surface area contributed by atoms with Crippen LogP contribution in [0.2, 0.25) is 0 Å². The molecule has 0 amide bonds. The molecular weight excluding hydrogens is 192 g/mol. The number of carbonyl (C=O) groups is 1. The second-order valence-electron chi connectivity index (χ2n) is 2.61. The third-order valence-electron chi connectivity index (χ3n) is 1.56. The molecule has 0 unspecified atom stereocenters. The fourth-order valence-corrected chi connectivity index (χ4v) is 0.695. The number of hydrogen-bond acceptors (Lipinski definition) is 6. The summed E-state index contributed by atoms with van der Waals surface area (Å²) in [5, 5.41) is 35.6. The molecule has 14 heavy (non-hydrogen) atoms. The molecule has 6 nitrogen and oxygen atoms in total. The van der Waals surface area contributed by atoms with E-state index in [1.54, 1.807) is 0 Å². The van der Waals surface area contributed by atoms with Crippen LogP contribution in [0.5, 0.6) is 0 Å². The van der Waals surface area contributed by atoms with Crippen LogP contribution >= 0.6 is 0 Å². The van der Waals surface area contributed by atoms with Crippen LogP contribution in [-0.2, 0) is 9.53 Å². The standard InChI is InChI=1S/C8H14O6/c1-14-7(12)3-2-5(10)8(13)6(11)4-9/h2-3,5-6,8-11,13H,4H2,1H3/b3-2+/t5-,6-,8-/m1/s1. The van der Waals surface area contributed by atoms with E-state index in [0.29, 0.717) is 0 Å². The molecule has 0 bridgehead atoms. The molecule has 0 aromatic carbocycles. The second-order valence-corrected chi connectivity index (χ2v) is 2.61. The maximum Gasteiger partial charge on any atom is 0.330 e. The summed E-state index contributed by atoms with van der Waals surface area (Å²) in [7, 11) is 1.16. The summed E-state index contributed by atoms with van der Waals surface area (Å²) in [6, 6.07) is 0. The number of carbonyl (C=O) groups excluding carboxylic acids is 1. The maximum absolute atomic E-state index is 10.6. The van der Waals surface area contributed by atoms with Crippen molar-refractivity contribution in [2.24, 2.45) is 0 Å².